The van der Waals surface area contributed by atoms with E-state index in [1.807, 2.05) is 13.8 Å². The fraction of sp³-hybridized carbons (Fsp3) is 0.750. The molecule has 2 N–H and O–H groups in total. The molecule has 1 aliphatic rings. The normalized spacial score (nSPS) is 17.2. The molecule has 0 atom stereocenters. The highest BCUT2D eigenvalue weighted by Gasteiger charge is 2.24. The maximum absolute atomic E-state index is 12.2. The Labute approximate surface area is 112 Å². The number of H-pyrrole nitrogens is 1. The first-order chi connectivity index (χ1) is 9.11. The summed E-state index contributed by atoms with van der Waals surface area (Å²) in [5, 5.41) is 15.7. The number of piperazine rings is 1. The Balaban J connectivity index is 1.93. The van der Waals surface area contributed by atoms with Crippen LogP contribution >= 0.6 is 0 Å². The molecule has 0 radical (unpaired) electrons. The van der Waals surface area contributed by atoms with E-state index < -0.39 is 0 Å². The van der Waals surface area contributed by atoms with Crippen molar-refractivity contribution in [3.63, 3.8) is 0 Å². The van der Waals surface area contributed by atoms with E-state index in [0.29, 0.717) is 19.6 Å². The fourth-order valence-electron chi connectivity index (χ4n) is 2.09. The van der Waals surface area contributed by atoms with E-state index in [4.69, 9.17) is 5.11 Å². The number of aliphatic hydroxyl groups is 1. The molecule has 7 heteroatoms. The summed E-state index contributed by atoms with van der Waals surface area (Å²) >= 11 is 0. The lowest BCUT2D eigenvalue weighted by atomic mass is 10.2. The third-order valence-electron chi connectivity index (χ3n) is 3.32. The molecule has 7 nitrogen and oxygen atoms in total. The zero-order valence-corrected chi connectivity index (χ0v) is 11.5. The van der Waals surface area contributed by atoms with Crippen molar-refractivity contribution in [1.29, 1.82) is 0 Å². The van der Waals surface area contributed by atoms with Crippen LogP contribution in [0.4, 0.5) is 0 Å². The second-order valence-electron chi connectivity index (χ2n) is 5.06. The first kappa shape index (κ1) is 14.0. The third-order valence-corrected chi connectivity index (χ3v) is 3.32. The van der Waals surface area contributed by atoms with Gasteiger partial charge in [-0.05, 0) is 0 Å². The Bertz CT molecular complexity index is 424. The van der Waals surface area contributed by atoms with Gasteiger partial charge in [0.25, 0.3) is 5.91 Å². The van der Waals surface area contributed by atoms with E-state index in [2.05, 4.69) is 20.1 Å². The molecule has 0 unspecified atom stereocenters. The van der Waals surface area contributed by atoms with Crippen LogP contribution in [0.25, 0.3) is 0 Å². The number of hydrogen-bond donors (Lipinski definition) is 2. The summed E-state index contributed by atoms with van der Waals surface area (Å²) in [6.07, 6.45) is 0. The van der Waals surface area contributed by atoms with Crippen LogP contribution in [-0.2, 0) is 0 Å². The van der Waals surface area contributed by atoms with Gasteiger partial charge in [0.2, 0.25) is 5.82 Å². The molecule has 1 amide bonds. The number of hydrogen-bond acceptors (Lipinski definition) is 5. The van der Waals surface area contributed by atoms with Crippen LogP contribution in [-0.4, -0.2) is 75.3 Å². The van der Waals surface area contributed by atoms with Gasteiger partial charge in [0.1, 0.15) is 5.82 Å². The zero-order valence-electron chi connectivity index (χ0n) is 11.5. The Morgan fingerprint density at radius 1 is 1.37 bits per heavy atom. The molecule has 2 rings (SSSR count). The molecule has 0 saturated carbocycles. The van der Waals surface area contributed by atoms with Crippen LogP contribution in [0.15, 0.2) is 0 Å². The van der Waals surface area contributed by atoms with Crippen molar-refractivity contribution in [3.8, 4) is 0 Å². The molecular formula is C12H21N5O2. The quantitative estimate of drug-likeness (QED) is 0.781. The lowest BCUT2D eigenvalue weighted by molar-refractivity contribution is 0.0603. The van der Waals surface area contributed by atoms with Crippen LogP contribution < -0.4 is 0 Å². The molecule has 1 saturated heterocycles. The summed E-state index contributed by atoms with van der Waals surface area (Å²) in [6.45, 7) is 7.72. The zero-order chi connectivity index (χ0) is 13.8. The van der Waals surface area contributed by atoms with Crippen LogP contribution in [0.2, 0.25) is 0 Å². The maximum atomic E-state index is 12.2. The van der Waals surface area contributed by atoms with Crippen molar-refractivity contribution < 1.29 is 9.90 Å². The Morgan fingerprint density at radius 2 is 2.05 bits per heavy atom. The Hall–Kier alpha value is -1.47. The second-order valence-corrected chi connectivity index (χ2v) is 5.06. The number of amides is 1. The molecule has 19 heavy (non-hydrogen) atoms. The highest BCUT2D eigenvalue weighted by molar-refractivity contribution is 5.90. The molecular weight excluding hydrogens is 246 g/mol. The minimum Gasteiger partial charge on any atom is -0.395 e. The molecule has 0 spiro atoms. The van der Waals surface area contributed by atoms with Gasteiger partial charge in [0, 0.05) is 38.6 Å². The van der Waals surface area contributed by atoms with Crippen LogP contribution in [0.1, 0.15) is 36.2 Å². The molecule has 1 aromatic heterocycles. The van der Waals surface area contributed by atoms with E-state index in [1.54, 1.807) is 4.90 Å². The van der Waals surface area contributed by atoms with Gasteiger partial charge in [-0.25, -0.2) is 4.98 Å². The lowest BCUT2D eigenvalue weighted by Gasteiger charge is -2.33. The number of nitrogens with one attached hydrogen (secondary N) is 1. The summed E-state index contributed by atoms with van der Waals surface area (Å²) in [5.74, 6) is 1.10. The summed E-state index contributed by atoms with van der Waals surface area (Å²) in [7, 11) is 0. The average molecular weight is 267 g/mol. The van der Waals surface area contributed by atoms with Gasteiger partial charge in [0.15, 0.2) is 0 Å². The minimum atomic E-state index is -0.119. The van der Waals surface area contributed by atoms with Crippen LogP contribution in [0, 0.1) is 0 Å². The van der Waals surface area contributed by atoms with Crippen molar-refractivity contribution in [2.24, 2.45) is 0 Å². The summed E-state index contributed by atoms with van der Waals surface area (Å²) < 4.78 is 0. The summed E-state index contributed by atoms with van der Waals surface area (Å²) in [5.41, 5.74) is 0. The molecule has 1 aromatic rings. The van der Waals surface area contributed by atoms with Gasteiger partial charge in [-0.1, -0.05) is 13.8 Å². The third kappa shape index (κ3) is 3.30. The van der Waals surface area contributed by atoms with Gasteiger partial charge in [-0.2, -0.15) is 0 Å². The Morgan fingerprint density at radius 3 is 2.58 bits per heavy atom. The number of carbonyl (C=O) groups excluding carboxylic acids is 1. The SMILES string of the molecule is CC(C)c1nc(C(=O)N2CCN(CCO)CC2)n[nH]1. The van der Waals surface area contributed by atoms with Crippen molar-refractivity contribution in [1.82, 2.24) is 25.0 Å². The number of nitrogens with zero attached hydrogens (tertiary/aromatic N) is 4. The predicted octanol–water partition coefficient (Wildman–Crippen LogP) is -0.322. The van der Waals surface area contributed by atoms with Crippen molar-refractivity contribution in [2.75, 3.05) is 39.3 Å². The molecule has 0 aliphatic carbocycles. The van der Waals surface area contributed by atoms with Crippen LogP contribution in [0.3, 0.4) is 0 Å². The smallest absolute Gasteiger partial charge is 0.293 e. The predicted molar refractivity (Wildman–Crippen MR) is 69.9 cm³/mol. The molecule has 2 heterocycles. The largest absolute Gasteiger partial charge is 0.395 e. The van der Waals surface area contributed by atoms with Crippen molar-refractivity contribution >= 4 is 5.91 Å². The average Bonchev–Trinajstić information content (AvgIpc) is 2.89. The highest BCUT2D eigenvalue weighted by Crippen LogP contribution is 2.10. The summed E-state index contributed by atoms with van der Waals surface area (Å²) in [6, 6.07) is 0. The first-order valence-corrected chi connectivity index (χ1v) is 6.66. The maximum Gasteiger partial charge on any atom is 0.293 e. The first-order valence-electron chi connectivity index (χ1n) is 6.66. The van der Waals surface area contributed by atoms with Gasteiger partial charge in [0.05, 0.1) is 6.61 Å². The number of aromatic nitrogens is 3. The number of aliphatic hydroxyl groups excluding tert-OH is 1. The number of β-amino-alcohol motifs (C(OH)–C–C–N with tert-alkyl or cyclic N) is 1. The number of rotatable bonds is 4. The molecule has 106 valence electrons. The molecule has 0 aromatic carbocycles. The van der Waals surface area contributed by atoms with Crippen molar-refractivity contribution in [3.05, 3.63) is 11.6 Å². The second kappa shape index (κ2) is 6.12. The summed E-state index contributed by atoms with van der Waals surface area (Å²) in [4.78, 5) is 20.3. The van der Waals surface area contributed by atoms with E-state index in [1.165, 1.54) is 0 Å². The van der Waals surface area contributed by atoms with E-state index in [9.17, 15) is 4.79 Å². The lowest BCUT2D eigenvalue weighted by Crippen LogP contribution is -2.49. The minimum absolute atomic E-state index is 0.119. The Kier molecular flexibility index (Phi) is 4.49. The van der Waals surface area contributed by atoms with E-state index >= 15 is 0 Å². The van der Waals surface area contributed by atoms with E-state index in [-0.39, 0.29) is 24.3 Å². The van der Waals surface area contributed by atoms with Gasteiger partial charge in [-0.3, -0.25) is 14.8 Å². The fourth-order valence-corrected chi connectivity index (χ4v) is 2.09. The van der Waals surface area contributed by atoms with Gasteiger partial charge >= 0.3 is 0 Å². The highest BCUT2D eigenvalue weighted by atomic mass is 16.3. The molecule has 1 aliphatic heterocycles. The van der Waals surface area contributed by atoms with E-state index in [0.717, 1.165) is 18.9 Å². The van der Waals surface area contributed by atoms with Crippen LogP contribution in [0.5, 0.6) is 0 Å². The number of aromatic amines is 1. The molecule has 0 bridgehead atoms. The standard InChI is InChI=1S/C12H21N5O2/c1-9(2)10-13-11(15-14-10)12(19)17-5-3-16(4-6-17)7-8-18/h9,18H,3-8H2,1-2H3,(H,13,14,15). The molecule has 1 fully saturated rings. The monoisotopic (exact) mass is 267 g/mol. The van der Waals surface area contributed by atoms with Crippen molar-refractivity contribution in [2.45, 2.75) is 19.8 Å². The van der Waals surface area contributed by atoms with Gasteiger partial charge in [-0.15, -0.1) is 5.10 Å². The number of carbonyl (C=O) groups is 1. The van der Waals surface area contributed by atoms with Gasteiger partial charge < -0.3 is 10.0 Å². The topological polar surface area (TPSA) is 85.3 Å².